The topological polar surface area (TPSA) is 49.9 Å². The molecule has 5 nitrogen and oxygen atoms in total. The van der Waals surface area contributed by atoms with Gasteiger partial charge in [-0.15, -0.1) is 0 Å². The molecule has 0 aromatic rings. The van der Waals surface area contributed by atoms with Gasteiger partial charge in [0.1, 0.15) is 5.60 Å². The highest BCUT2D eigenvalue weighted by atomic mass is 16.6. The molecular formula is C15H24N2O3. The second kappa shape index (κ2) is 5.11. The summed E-state index contributed by atoms with van der Waals surface area (Å²) in [4.78, 5) is 27.5. The van der Waals surface area contributed by atoms with Gasteiger partial charge in [-0.3, -0.25) is 4.79 Å². The van der Waals surface area contributed by atoms with Crippen LogP contribution in [0.2, 0.25) is 0 Å². The van der Waals surface area contributed by atoms with E-state index in [1.54, 1.807) is 17.2 Å². The molecule has 1 amide bonds. The number of hydrogen-bond donors (Lipinski definition) is 0. The number of ether oxygens (including phenoxy) is 1. The lowest BCUT2D eigenvalue weighted by Crippen LogP contribution is -2.37. The van der Waals surface area contributed by atoms with E-state index < -0.39 is 5.60 Å². The predicted molar refractivity (Wildman–Crippen MR) is 76.1 cm³/mol. The van der Waals surface area contributed by atoms with Gasteiger partial charge in [0.2, 0.25) is 0 Å². The Kier molecular flexibility index (Phi) is 3.80. The molecule has 1 saturated carbocycles. The molecule has 0 spiro atoms. The lowest BCUT2D eigenvalue weighted by molar-refractivity contribution is -0.116. The van der Waals surface area contributed by atoms with E-state index in [0.717, 1.165) is 0 Å². The number of likely N-dealkylation sites (tertiary alicyclic amines) is 1. The van der Waals surface area contributed by atoms with Crippen LogP contribution in [-0.4, -0.2) is 54.5 Å². The smallest absolute Gasteiger partial charge is 0.410 e. The largest absolute Gasteiger partial charge is 0.444 e. The Balaban J connectivity index is 1.82. The Morgan fingerprint density at radius 2 is 1.75 bits per heavy atom. The van der Waals surface area contributed by atoms with Gasteiger partial charge in [-0.2, -0.15) is 0 Å². The Hall–Kier alpha value is -1.52. The van der Waals surface area contributed by atoms with Gasteiger partial charge in [0.25, 0.3) is 0 Å². The minimum atomic E-state index is -0.465. The van der Waals surface area contributed by atoms with Crippen molar-refractivity contribution in [1.29, 1.82) is 0 Å². The highest BCUT2D eigenvalue weighted by molar-refractivity contribution is 5.94. The minimum absolute atomic E-state index is 0.102. The van der Waals surface area contributed by atoms with Crippen molar-refractivity contribution in [2.24, 2.45) is 17.8 Å². The summed E-state index contributed by atoms with van der Waals surface area (Å²) in [7, 11) is 3.78. The quantitative estimate of drug-likeness (QED) is 0.739. The average molecular weight is 280 g/mol. The van der Waals surface area contributed by atoms with E-state index in [2.05, 4.69) is 0 Å². The zero-order valence-electron chi connectivity index (χ0n) is 12.9. The first kappa shape index (κ1) is 14.9. The third kappa shape index (κ3) is 3.32. The number of hydrogen-bond acceptors (Lipinski definition) is 4. The molecule has 1 aliphatic carbocycles. The SMILES string of the molecule is CN(C)/C=C/C(=O)[C@H]1[C@@H]2CN(C(=O)OC(C)(C)C)C[C@@H]21. The third-order valence-corrected chi connectivity index (χ3v) is 3.71. The first-order valence-electron chi connectivity index (χ1n) is 7.05. The standard InChI is InChI=1S/C15H24N2O3/c1-15(2,3)20-14(19)17-8-10-11(9-17)13(10)12(18)6-7-16(4)5/h6-7,10-11,13H,8-9H2,1-5H3/b7-6+/t10-,11+,13+. The van der Waals surface area contributed by atoms with Crippen molar-refractivity contribution < 1.29 is 14.3 Å². The first-order valence-corrected chi connectivity index (χ1v) is 7.05. The molecular weight excluding hydrogens is 256 g/mol. The van der Waals surface area contributed by atoms with Gasteiger partial charge in [-0.25, -0.2) is 4.79 Å². The maximum Gasteiger partial charge on any atom is 0.410 e. The van der Waals surface area contributed by atoms with Crippen LogP contribution in [0.3, 0.4) is 0 Å². The Labute approximate surface area is 120 Å². The van der Waals surface area contributed by atoms with E-state index >= 15 is 0 Å². The van der Waals surface area contributed by atoms with Crippen molar-refractivity contribution in [3.8, 4) is 0 Å². The molecule has 1 aliphatic heterocycles. The summed E-state index contributed by atoms with van der Waals surface area (Å²) in [5.41, 5.74) is -0.465. The van der Waals surface area contributed by atoms with Crippen LogP contribution < -0.4 is 0 Å². The molecule has 0 unspecified atom stereocenters. The molecule has 2 fully saturated rings. The molecule has 2 aliphatic rings. The van der Waals surface area contributed by atoms with Crippen LogP contribution in [0.4, 0.5) is 4.79 Å². The maximum atomic E-state index is 12.0. The molecule has 3 atom stereocenters. The van der Waals surface area contributed by atoms with E-state index in [1.807, 2.05) is 39.8 Å². The van der Waals surface area contributed by atoms with Crippen LogP contribution in [-0.2, 0) is 9.53 Å². The van der Waals surface area contributed by atoms with Crippen LogP contribution in [0.15, 0.2) is 12.3 Å². The Bertz CT molecular complexity index is 425. The lowest BCUT2D eigenvalue weighted by Gasteiger charge is -2.25. The summed E-state index contributed by atoms with van der Waals surface area (Å²) in [6.07, 6.45) is 3.16. The summed E-state index contributed by atoms with van der Waals surface area (Å²) < 4.78 is 5.35. The third-order valence-electron chi connectivity index (χ3n) is 3.71. The summed E-state index contributed by atoms with van der Waals surface area (Å²) >= 11 is 0. The van der Waals surface area contributed by atoms with E-state index in [0.29, 0.717) is 24.9 Å². The number of carbonyl (C=O) groups is 2. The van der Waals surface area contributed by atoms with E-state index in [-0.39, 0.29) is 17.8 Å². The van der Waals surface area contributed by atoms with Crippen LogP contribution in [0.5, 0.6) is 0 Å². The minimum Gasteiger partial charge on any atom is -0.444 e. The highest BCUT2D eigenvalue weighted by Crippen LogP contribution is 2.52. The van der Waals surface area contributed by atoms with Crippen LogP contribution in [0, 0.1) is 17.8 Å². The second-order valence-electron chi connectivity index (χ2n) is 6.92. The zero-order chi connectivity index (χ0) is 15.1. The molecule has 0 bridgehead atoms. The van der Waals surface area contributed by atoms with Gasteiger partial charge in [0.15, 0.2) is 5.78 Å². The van der Waals surface area contributed by atoms with Gasteiger partial charge >= 0.3 is 6.09 Å². The van der Waals surface area contributed by atoms with Gasteiger partial charge in [-0.05, 0) is 38.7 Å². The van der Waals surface area contributed by atoms with Crippen molar-refractivity contribution >= 4 is 11.9 Å². The van der Waals surface area contributed by atoms with Crippen LogP contribution in [0.25, 0.3) is 0 Å². The number of fused-ring (bicyclic) bond motifs is 1. The van der Waals surface area contributed by atoms with E-state index in [9.17, 15) is 9.59 Å². The monoisotopic (exact) mass is 280 g/mol. The Morgan fingerprint density at radius 1 is 1.20 bits per heavy atom. The number of rotatable bonds is 3. The van der Waals surface area contributed by atoms with Crippen molar-refractivity contribution in [3.63, 3.8) is 0 Å². The number of carbonyl (C=O) groups excluding carboxylic acids is 2. The van der Waals surface area contributed by atoms with Crippen LogP contribution >= 0.6 is 0 Å². The van der Waals surface area contributed by atoms with E-state index in [4.69, 9.17) is 4.74 Å². The molecule has 1 heterocycles. The molecule has 0 N–H and O–H groups in total. The zero-order valence-corrected chi connectivity index (χ0v) is 12.9. The number of piperidine rings is 1. The highest BCUT2D eigenvalue weighted by Gasteiger charge is 2.59. The van der Waals surface area contributed by atoms with Gasteiger partial charge in [0.05, 0.1) is 0 Å². The predicted octanol–water partition coefficient (Wildman–Crippen LogP) is 1.74. The molecule has 2 rings (SSSR count). The lowest BCUT2D eigenvalue weighted by atomic mass is 10.1. The Morgan fingerprint density at radius 3 is 2.20 bits per heavy atom. The molecule has 1 saturated heterocycles. The van der Waals surface area contributed by atoms with Crippen molar-refractivity contribution in [2.75, 3.05) is 27.2 Å². The van der Waals surface area contributed by atoms with Crippen LogP contribution in [0.1, 0.15) is 20.8 Å². The van der Waals surface area contributed by atoms with Gasteiger partial charge in [-0.1, -0.05) is 0 Å². The first-order chi connectivity index (χ1) is 9.19. The van der Waals surface area contributed by atoms with Gasteiger partial charge < -0.3 is 14.5 Å². The normalized spacial score (nSPS) is 28.4. The number of ketones is 1. The molecule has 0 aromatic carbocycles. The summed E-state index contributed by atoms with van der Waals surface area (Å²) in [6, 6.07) is 0. The number of allylic oxidation sites excluding steroid dienone is 1. The molecule has 0 radical (unpaired) electrons. The summed E-state index contributed by atoms with van der Waals surface area (Å²) in [5.74, 6) is 0.922. The van der Waals surface area contributed by atoms with Crippen molar-refractivity contribution in [1.82, 2.24) is 9.80 Å². The maximum absolute atomic E-state index is 12.0. The van der Waals surface area contributed by atoms with Gasteiger partial charge in [0, 0.05) is 39.3 Å². The van der Waals surface area contributed by atoms with Crippen molar-refractivity contribution in [2.45, 2.75) is 26.4 Å². The van der Waals surface area contributed by atoms with Crippen molar-refractivity contribution in [3.05, 3.63) is 12.3 Å². The summed E-state index contributed by atoms with van der Waals surface area (Å²) in [6.45, 7) is 6.87. The fourth-order valence-electron chi connectivity index (χ4n) is 2.76. The number of nitrogens with zero attached hydrogens (tertiary/aromatic N) is 2. The van der Waals surface area contributed by atoms with E-state index in [1.165, 1.54) is 0 Å². The fraction of sp³-hybridized carbons (Fsp3) is 0.733. The summed E-state index contributed by atoms with van der Waals surface area (Å²) in [5, 5.41) is 0. The number of amides is 1. The second-order valence-corrected chi connectivity index (χ2v) is 6.92. The molecule has 0 aromatic heterocycles. The molecule has 112 valence electrons. The molecule has 5 heteroatoms. The fourth-order valence-corrected chi connectivity index (χ4v) is 2.76. The molecule has 20 heavy (non-hydrogen) atoms. The average Bonchev–Trinajstić information content (AvgIpc) is 2.78.